The van der Waals surface area contributed by atoms with E-state index in [-0.39, 0.29) is 24.4 Å². The summed E-state index contributed by atoms with van der Waals surface area (Å²) < 4.78 is 5.18. The van der Waals surface area contributed by atoms with Crippen LogP contribution in [0.2, 0.25) is 0 Å². The molecule has 0 saturated carbocycles. The van der Waals surface area contributed by atoms with Gasteiger partial charge in [0.2, 0.25) is 11.8 Å². The fraction of sp³-hybridized carbons (Fsp3) is 0.346. The Hall–Kier alpha value is -3.81. The van der Waals surface area contributed by atoms with Gasteiger partial charge in [0.05, 0.1) is 0 Å². The van der Waals surface area contributed by atoms with Crippen LogP contribution in [-0.2, 0) is 20.9 Å². The Bertz CT molecular complexity index is 1010. The Morgan fingerprint density at radius 1 is 1.09 bits per heavy atom. The summed E-state index contributed by atoms with van der Waals surface area (Å²) in [4.78, 5) is 39.8. The van der Waals surface area contributed by atoms with Crippen molar-refractivity contribution in [3.63, 3.8) is 0 Å². The first kappa shape index (κ1) is 26.4. The molecule has 0 fully saturated rings. The molecule has 2 aromatic rings. The molecule has 2 rings (SSSR count). The predicted octanol–water partition coefficient (Wildman–Crippen LogP) is 3.60. The fourth-order valence-electron chi connectivity index (χ4n) is 3.29. The van der Waals surface area contributed by atoms with Crippen LogP contribution in [0.1, 0.15) is 43.5 Å². The van der Waals surface area contributed by atoms with E-state index < -0.39 is 36.1 Å². The van der Waals surface area contributed by atoms with Crippen molar-refractivity contribution < 1.29 is 24.2 Å². The lowest BCUT2D eigenvalue weighted by atomic mass is 9.99. The van der Waals surface area contributed by atoms with Crippen molar-refractivity contribution in [3.05, 3.63) is 77.9 Å². The molecule has 34 heavy (non-hydrogen) atoms. The van der Waals surface area contributed by atoms with Gasteiger partial charge in [0, 0.05) is 18.7 Å². The molecule has 1 unspecified atom stereocenters. The minimum absolute atomic E-state index is 0.0195. The summed E-state index contributed by atoms with van der Waals surface area (Å²) in [6.07, 6.45) is 0.735. The van der Waals surface area contributed by atoms with Gasteiger partial charge < -0.3 is 25.4 Å². The van der Waals surface area contributed by atoms with Gasteiger partial charge in [-0.25, -0.2) is 4.79 Å². The lowest BCUT2D eigenvalue weighted by molar-refractivity contribution is -0.139. The number of para-hydroxylation sites is 1. The number of nitrogens with zero attached hydrogens (tertiary/aromatic N) is 1. The monoisotopic (exact) mass is 467 g/mol. The number of nitrogens with one attached hydrogen (secondary N) is 2. The van der Waals surface area contributed by atoms with Gasteiger partial charge in [0.1, 0.15) is 23.9 Å². The average Bonchev–Trinajstić information content (AvgIpc) is 2.78. The van der Waals surface area contributed by atoms with Gasteiger partial charge >= 0.3 is 6.09 Å². The highest BCUT2D eigenvalue weighted by Crippen LogP contribution is 2.32. The van der Waals surface area contributed by atoms with E-state index in [4.69, 9.17) is 4.74 Å². The normalized spacial score (nSPS) is 11.8. The number of aromatic hydroxyl groups is 1. The van der Waals surface area contributed by atoms with Crippen LogP contribution >= 0.6 is 0 Å². The molecule has 2 aromatic carbocycles. The number of ether oxygens (including phenoxy) is 1. The summed E-state index contributed by atoms with van der Waals surface area (Å²) >= 11 is 0. The zero-order chi connectivity index (χ0) is 25.3. The zero-order valence-electron chi connectivity index (χ0n) is 20.1. The van der Waals surface area contributed by atoms with Crippen molar-refractivity contribution >= 4 is 17.9 Å². The van der Waals surface area contributed by atoms with Gasteiger partial charge in [-0.1, -0.05) is 54.6 Å². The van der Waals surface area contributed by atoms with Gasteiger partial charge in [-0.15, -0.1) is 6.58 Å². The molecule has 182 valence electrons. The molecule has 0 radical (unpaired) electrons. The molecule has 0 aliphatic carbocycles. The van der Waals surface area contributed by atoms with Crippen molar-refractivity contribution in [1.29, 1.82) is 0 Å². The van der Waals surface area contributed by atoms with Crippen LogP contribution in [0.15, 0.2) is 61.2 Å². The summed E-state index contributed by atoms with van der Waals surface area (Å²) in [6.45, 7) is 10.4. The Balaban J connectivity index is 2.31. The van der Waals surface area contributed by atoms with E-state index in [0.717, 1.165) is 5.56 Å². The van der Waals surface area contributed by atoms with E-state index in [1.165, 1.54) is 11.0 Å². The SMILES string of the molecule is C=CCN(C(=O)CNC(=O)OC(C)(C)C)C(C(=O)NCc1ccccc1)c1cccc(C)c1O. The number of hydrogen-bond donors (Lipinski definition) is 3. The van der Waals surface area contributed by atoms with E-state index in [1.807, 2.05) is 30.3 Å². The molecule has 3 N–H and O–H groups in total. The van der Waals surface area contributed by atoms with Gasteiger partial charge in [0.15, 0.2) is 0 Å². The maximum atomic E-state index is 13.4. The molecule has 8 nitrogen and oxygen atoms in total. The molecule has 0 aliphatic heterocycles. The molecule has 0 bridgehead atoms. The lowest BCUT2D eigenvalue weighted by Crippen LogP contribution is -2.47. The van der Waals surface area contributed by atoms with Gasteiger partial charge in [-0.2, -0.15) is 0 Å². The fourth-order valence-corrected chi connectivity index (χ4v) is 3.29. The minimum atomic E-state index is -1.14. The first-order chi connectivity index (χ1) is 16.0. The molecule has 0 spiro atoms. The highest BCUT2D eigenvalue weighted by Gasteiger charge is 2.33. The Labute approximate surface area is 200 Å². The van der Waals surface area contributed by atoms with Gasteiger partial charge in [0.25, 0.3) is 0 Å². The second-order valence-corrected chi connectivity index (χ2v) is 8.81. The molecule has 3 amide bonds. The van der Waals surface area contributed by atoms with E-state index >= 15 is 0 Å². The summed E-state index contributed by atoms with van der Waals surface area (Å²) in [5.74, 6) is -1.09. The van der Waals surface area contributed by atoms with Gasteiger partial charge in [-0.3, -0.25) is 9.59 Å². The average molecular weight is 468 g/mol. The minimum Gasteiger partial charge on any atom is -0.507 e. The molecular weight excluding hydrogens is 434 g/mol. The summed E-state index contributed by atoms with van der Waals surface area (Å²) in [7, 11) is 0. The summed E-state index contributed by atoms with van der Waals surface area (Å²) in [6, 6.07) is 13.2. The number of aryl methyl sites for hydroxylation is 1. The first-order valence-corrected chi connectivity index (χ1v) is 11.0. The van der Waals surface area contributed by atoms with E-state index in [0.29, 0.717) is 5.56 Å². The molecule has 0 saturated heterocycles. The van der Waals surface area contributed by atoms with E-state index in [2.05, 4.69) is 17.2 Å². The Kier molecular flexibility index (Phi) is 9.24. The summed E-state index contributed by atoms with van der Waals surface area (Å²) in [5, 5.41) is 16.0. The topological polar surface area (TPSA) is 108 Å². The number of phenolic OH excluding ortho intramolecular Hbond substituents is 1. The Morgan fingerprint density at radius 2 is 1.76 bits per heavy atom. The van der Waals surface area contributed by atoms with Crippen LogP contribution in [0.25, 0.3) is 0 Å². The van der Waals surface area contributed by atoms with Crippen LogP contribution in [0, 0.1) is 6.92 Å². The third-order valence-electron chi connectivity index (χ3n) is 4.86. The predicted molar refractivity (Wildman–Crippen MR) is 130 cm³/mol. The highest BCUT2D eigenvalue weighted by molar-refractivity contribution is 5.91. The molecule has 0 aromatic heterocycles. The van der Waals surface area contributed by atoms with Crippen molar-refractivity contribution in [2.24, 2.45) is 0 Å². The number of phenols is 1. The van der Waals surface area contributed by atoms with E-state index in [9.17, 15) is 19.5 Å². The number of carbonyl (C=O) groups excluding carboxylic acids is 3. The molecule has 0 aliphatic rings. The van der Waals surface area contributed by atoms with Crippen molar-refractivity contribution in [3.8, 4) is 5.75 Å². The molecular formula is C26H33N3O5. The maximum absolute atomic E-state index is 13.4. The Morgan fingerprint density at radius 3 is 2.38 bits per heavy atom. The van der Waals surface area contributed by atoms with Gasteiger partial charge in [-0.05, 0) is 38.8 Å². The van der Waals surface area contributed by atoms with Crippen LogP contribution < -0.4 is 10.6 Å². The smallest absolute Gasteiger partial charge is 0.408 e. The number of benzene rings is 2. The van der Waals surface area contributed by atoms with Crippen LogP contribution in [-0.4, -0.2) is 46.6 Å². The molecule has 1 atom stereocenters. The number of amides is 3. The second kappa shape index (κ2) is 11.9. The van der Waals surface area contributed by atoms with Crippen LogP contribution in [0.5, 0.6) is 5.75 Å². The number of hydrogen-bond acceptors (Lipinski definition) is 5. The zero-order valence-corrected chi connectivity index (χ0v) is 20.1. The summed E-state index contributed by atoms with van der Waals surface area (Å²) in [5.41, 5.74) is 1.01. The first-order valence-electron chi connectivity index (χ1n) is 11.0. The third kappa shape index (κ3) is 7.65. The number of alkyl carbamates (subject to hydrolysis) is 1. The van der Waals surface area contributed by atoms with Crippen molar-refractivity contribution in [2.75, 3.05) is 13.1 Å². The van der Waals surface area contributed by atoms with E-state index in [1.54, 1.807) is 45.9 Å². The maximum Gasteiger partial charge on any atom is 0.408 e. The largest absolute Gasteiger partial charge is 0.507 e. The number of carbonyl (C=O) groups is 3. The van der Waals surface area contributed by atoms with Crippen molar-refractivity contribution in [1.82, 2.24) is 15.5 Å². The highest BCUT2D eigenvalue weighted by atomic mass is 16.6. The number of rotatable bonds is 9. The molecule has 0 heterocycles. The molecule has 8 heteroatoms. The third-order valence-corrected chi connectivity index (χ3v) is 4.86. The second-order valence-electron chi connectivity index (χ2n) is 8.81. The van der Waals surface area contributed by atoms with Crippen molar-refractivity contribution in [2.45, 2.75) is 45.9 Å². The quantitative estimate of drug-likeness (QED) is 0.489. The van der Waals surface area contributed by atoms with Crippen LogP contribution in [0.4, 0.5) is 4.79 Å². The van der Waals surface area contributed by atoms with Crippen LogP contribution in [0.3, 0.4) is 0 Å². The lowest BCUT2D eigenvalue weighted by Gasteiger charge is -2.31. The standard InChI is InChI=1S/C26H33N3O5/c1-6-15-29(21(30)17-28-25(33)34-26(3,4)5)22(20-14-10-11-18(2)23(20)31)24(32)27-16-19-12-8-7-9-13-19/h6-14,22,31H,1,15-17H2,2-5H3,(H,27,32)(H,28,33).